The lowest BCUT2D eigenvalue weighted by Crippen LogP contribution is -2.35. The highest BCUT2D eigenvalue weighted by molar-refractivity contribution is 5.44. The fourth-order valence-corrected chi connectivity index (χ4v) is 2.80. The van der Waals surface area contributed by atoms with E-state index < -0.39 is 0 Å². The molecule has 116 valence electrons. The maximum atomic E-state index is 6.20. The molecule has 1 aromatic heterocycles. The van der Waals surface area contributed by atoms with E-state index in [4.69, 9.17) is 4.74 Å². The number of benzene rings is 2. The smallest absolute Gasteiger partial charge is 0.392 e. The Morgan fingerprint density at radius 1 is 1.00 bits per heavy atom. The van der Waals surface area contributed by atoms with Gasteiger partial charge in [-0.05, 0) is 31.9 Å². The summed E-state index contributed by atoms with van der Waals surface area (Å²) in [4.78, 5) is 4.21. The summed E-state index contributed by atoms with van der Waals surface area (Å²) < 4.78 is 8.27. The van der Waals surface area contributed by atoms with Gasteiger partial charge < -0.3 is 4.74 Å². The number of hydrogen-bond acceptors (Lipinski definition) is 2. The average molecular weight is 305 g/mol. The molecule has 0 N–H and O–H groups in total. The molecule has 3 heteroatoms. The molecule has 0 unspecified atom stereocenters. The first-order valence-corrected chi connectivity index (χ1v) is 7.76. The highest BCUT2D eigenvalue weighted by Crippen LogP contribution is 2.28. The van der Waals surface area contributed by atoms with Crippen LogP contribution in [0.4, 0.5) is 0 Å². The molecule has 3 aromatic rings. The Bertz CT molecular complexity index is 790. The third-order valence-electron chi connectivity index (χ3n) is 3.81. The molecule has 0 radical (unpaired) electrons. The first-order valence-electron chi connectivity index (χ1n) is 7.76. The number of hydrogen-bond donors (Lipinski definition) is 0. The quantitative estimate of drug-likeness (QED) is 0.677. The second kappa shape index (κ2) is 6.61. The van der Waals surface area contributed by atoms with Crippen LogP contribution in [0, 0.1) is 20.8 Å². The van der Waals surface area contributed by atoms with Crippen LogP contribution < -0.4 is 9.30 Å². The molecule has 0 amide bonds. The molecule has 3 nitrogen and oxygen atoms in total. The predicted molar refractivity (Wildman–Crippen MR) is 90.7 cm³/mol. The molecule has 0 aliphatic heterocycles. The largest absolute Gasteiger partial charge is 0.403 e. The Morgan fingerprint density at radius 3 is 2.39 bits per heavy atom. The van der Waals surface area contributed by atoms with Gasteiger partial charge in [0, 0.05) is 5.56 Å². The summed E-state index contributed by atoms with van der Waals surface area (Å²) >= 11 is 0. The minimum atomic E-state index is 0.742. The molecule has 23 heavy (non-hydrogen) atoms. The van der Waals surface area contributed by atoms with Crippen LogP contribution in [0.1, 0.15) is 22.3 Å². The fourth-order valence-electron chi connectivity index (χ4n) is 2.80. The molecular formula is C20H21N2O+. The average Bonchev–Trinajstić information content (AvgIpc) is 2.53. The van der Waals surface area contributed by atoms with Crippen molar-refractivity contribution >= 4 is 0 Å². The second-order valence-corrected chi connectivity index (χ2v) is 5.86. The molecule has 0 bridgehead atoms. The van der Waals surface area contributed by atoms with Crippen LogP contribution in [-0.4, -0.2) is 4.98 Å². The summed E-state index contributed by atoms with van der Waals surface area (Å²) in [6.45, 7) is 7.01. The molecule has 0 aliphatic carbocycles. The predicted octanol–water partition coefficient (Wildman–Crippen LogP) is 4.13. The Hall–Kier alpha value is -2.68. The van der Waals surface area contributed by atoms with Crippen molar-refractivity contribution in [1.82, 2.24) is 4.98 Å². The number of aryl methyl sites for hydroxylation is 3. The van der Waals surface area contributed by atoms with Crippen molar-refractivity contribution in [3.63, 3.8) is 0 Å². The van der Waals surface area contributed by atoms with Gasteiger partial charge in [0.1, 0.15) is 11.9 Å². The molecule has 2 aromatic carbocycles. The van der Waals surface area contributed by atoms with Crippen LogP contribution >= 0.6 is 0 Å². The van der Waals surface area contributed by atoms with Gasteiger partial charge in [0.15, 0.2) is 12.7 Å². The van der Waals surface area contributed by atoms with Gasteiger partial charge in [-0.1, -0.05) is 48.0 Å². The van der Waals surface area contributed by atoms with E-state index in [1.807, 2.05) is 24.4 Å². The monoisotopic (exact) mass is 305 g/mol. The molecule has 0 atom stereocenters. The first-order chi connectivity index (χ1) is 11.1. The van der Waals surface area contributed by atoms with E-state index in [0.29, 0.717) is 0 Å². The lowest BCUT2D eigenvalue weighted by molar-refractivity contribution is -0.692. The van der Waals surface area contributed by atoms with Gasteiger partial charge in [0.05, 0.1) is 6.20 Å². The summed E-state index contributed by atoms with van der Waals surface area (Å²) in [6.07, 6.45) is 5.49. The normalized spacial score (nSPS) is 10.6. The molecule has 0 aliphatic rings. The lowest BCUT2D eigenvalue weighted by Gasteiger charge is -2.11. The van der Waals surface area contributed by atoms with Gasteiger partial charge in [0.2, 0.25) is 0 Å². The number of rotatable bonds is 4. The highest BCUT2D eigenvalue weighted by atomic mass is 16.5. The van der Waals surface area contributed by atoms with E-state index in [1.54, 1.807) is 12.4 Å². The minimum Gasteiger partial charge on any atom is -0.403 e. The summed E-state index contributed by atoms with van der Waals surface area (Å²) in [5, 5.41) is 0. The molecule has 3 rings (SSSR count). The molecular weight excluding hydrogens is 284 g/mol. The lowest BCUT2D eigenvalue weighted by atomic mass is 10.1. The number of ether oxygens (including phenoxy) is 1. The Labute approximate surface area is 137 Å². The molecule has 0 saturated carbocycles. The summed E-state index contributed by atoms with van der Waals surface area (Å²) in [6, 6.07) is 14.6. The first kappa shape index (κ1) is 15.2. The zero-order valence-corrected chi connectivity index (χ0v) is 13.8. The Morgan fingerprint density at radius 2 is 1.70 bits per heavy atom. The van der Waals surface area contributed by atoms with Crippen LogP contribution in [0.5, 0.6) is 11.6 Å². The third-order valence-corrected chi connectivity index (χ3v) is 3.81. The fraction of sp³-hybridized carbons (Fsp3) is 0.200. The Balaban J connectivity index is 1.93. The molecule has 1 heterocycles. The third kappa shape index (κ3) is 3.57. The van der Waals surface area contributed by atoms with E-state index in [1.165, 1.54) is 11.1 Å². The number of aromatic nitrogens is 2. The van der Waals surface area contributed by atoms with Crippen LogP contribution in [0.25, 0.3) is 0 Å². The standard InChI is InChI=1S/C20H21N2O/c1-15-11-16(2)20(17(3)12-15)23-19-13-21-9-10-22(19)14-18-7-5-4-6-8-18/h4-13H,14H2,1-3H3/q+1. The van der Waals surface area contributed by atoms with Crippen LogP contribution in [0.15, 0.2) is 61.1 Å². The van der Waals surface area contributed by atoms with E-state index in [2.05, 4.69) is 54.6 Å². The molecule has 0 spiro atoms. The van der Waals surface area contributed by atoms with Gasteiger partial charge in [-0.3, -0.25) is 0 Å². The summed E-state index contributed by atoms with van der Waals surface area (Å²) in [7, 11) is 0. The SMILES string of the molecule is Cc1cc(C)c(Oc2cncc[n+]2Cc2ccccc2)c(C)c1. The van der Waals surface area contributed by atoms with Gasteiger partial charge in [-0.15, -0.1) is 0 Å². The van der Waals surface area contributed by atoms with E-state index in [0.717, 1.165) is 29.3 Å². The van der Waals surface area contributed by atoms with Gasteiger partial charge >= 0.3 is 5.88 Å². The zero-order valence-electron chi connectivity index (χ0n) is 13.8. The summed E-state index contributed by atoms with van der Waals surface area (Å²) in [5.74, 6) is 1.65. The second-order valence-electron chi connectivity index (χ2n) is 5.86. The van der Waals surface area contributed by atoms with Gasteiger partial charge in [-0.2, -0.15) is 4.57 Å². The molecule has 0 saturated heterocycles. The van der Waals surface area contributed by atoms with Gasteiger partial charge in [0.25, 0.3) is 0 Å². The van der Waals surface area contributed by atoms with Gasteiger partial charge in [-0.25, -0.2) is 4.98 Å². The summed E-state index contributed by atoms with van der Waals surface area (Å²) in [5.41, 5.74) is 4.75. The Kier molecular flexibility index (Phi) is 4.38. The van der Waals surface area contributed by atoms with Crippen molar-refractivity contribution in [2.75, 3.05) is 0 Å². The van der Waals surface area contributed by atoms with E-state index in [9.17, 15) is 0 Å². The topological polar surface area (TPSA) is 26.0 Å². The number of nitrogens with zero attached hydrogens (tertiary/aromatic N) is 2. The van der Waals surface area contributed by atoms with Crippen LogP contribution in [0.3, 0.4) is 0 Å². The maximum absolute atomic E-state index is 6.20. The van der Waals surface area contributed by atoms with Crippen molar-refractivity contribution in [2.24, 2.45) is 0 Å². The minimum absolute atomic E-state index is 0.742. The van der Waals surface area contributed by atoms with E-state index in [-0.39, 0.29) is 0 Å². The van der Waals surface area contributed by atoms with Crippen molar-refractivity contribution in [3.05, 3.63) is 83.3 Å². The highest BCUT2D eigenvalue weighted by Gasteiger charge is 2.16. The maximum Gasteiger partial charge on any atom is 0.392 e. The van der Waals surface area contributed by atoms with Crippen molar-refractivity contribution < 1.29 is 9.30 Å². The van der Waals surface area contributed by atoms with Crippen LogP contribution in [0.2, 0.25) is 0 Å². The van der Waals surface area contributed by atoms with E-state index >= 15 is 0 Å². The zero-order chi connectivity index (χ0) is 16.2. The van der Waals surface area contributed by atoms with Crippen LogP contribution in [-0.2, 0) is 6.54 Å². The van der Waals surface area contributed by atoms with Crippen molar-refractivity contribution in [3.8, 4) is 11.6 Å². The van der Waals surface area contributed by atoms with Crippen molar-refractivity contribution in [1.29, 1.82) is 0 Å². The van der Waals surface area contributed by atoms with Crippen molar-refractivity contribution in [2.45, 2.75) is 27.3 Å². The molecule has 0 fully saturated rings.